The van der Waals surface area contributed by atoms with E-state index in [-0.39, 0.29) is 0 Å². The second-order valence-corrected chi connectivity index (χ2v) is 2.66. The summed E-state index contributed by atoms with van der Waals surface area (Å²) in [6.45, 7) is 0. The molecule has 0 N–H and O–H groups in total. The third kappa shape index (κ3) is 2.40. The average molecular weight is 207 g/mol. The molecular formula is C10H9NO4. The molecule has 5 nitrogen and oxygen atoms in total. The monoisotopic (exact) mass is 207 g/mol. The van der Waals surface area contributed by atoms with Gasteiger partial charge in [0.1, 0.15) is 0 Å². The zero-order valence-corrected chi connectivity index (χ0v) is 8.04. The van der Waals surface area contributed by atoms with E-state index in [0.717, 1.165) is 4.90 Å². The summed E-state index contributed by atoms with van der Waals surface area (Å²) in [4.78, 5) is 32.8. The van der Waals surface area contributed by atoms with E-state index in [1.54, 1.807) is 0 Å². The van der Waals surface area contributed by atoms with E-state index in [4.69, 9.17) is 0 Å². The molecule has 5 heteroatoms. The normalized spacial score (nSPS) is 9.13. The van der Waals surface area contributed by atoms with Crippen LogP contribution in [0, 0.1) is 0 Å². The fraction of sp³-hybridized carbons (Fsp3) is 0.100. The third-order valence-corrected chi connectivity index (χ3v) is 1.81. The first-order valence-electron chi connectivity index (χ1n) is 4.10. The van der Waals surface area contributed by atoms with Crippen LogP contribution in [0.4, 0.5) is 5.69 Å². The van der Waals surface area contributed by atoms with E-state index >= 15 is 0 Å². The number of imide groups is 1. The lowest BCUT2D eigenvalue weighted by Gasteiger charge is -2.08. The van der Waals surface area contributed by atoms with Gasteiger partial charge in [0.05, 0.1) is 18.4 Å². The molecule has 0 aliphatic heterocycles. The summed E-state index contributed by atoms with van der Waals surface area (Å²) in [6, 6.07) is 5.91. The molecule has 0 radical (unpaired) electrons. The van der Waals surface area contributed by atoms with Crippen LogP contribution in [-0.2, 0) is 14.3 Å². The highest BCUT2D eigenvalue weighted by Crippen LogP contribution is 2.13. The zero-order chi connectivity index (χ0) is 11.3. The first-order chi connectivity index (χ1) is 7.22. The standard InChI is InChI=1S/C10H9NO4/c1-15-10(14)8-2-4-9(5-3-8)11(6-12)7-13/h2-7H,1H3. The Kier molecular flexibility index (Phi) is 3.56. The molecule has 0 bridgehead atoms. The minimum atomic E-state index is -0.467. The lowest BCUT2D eigenvalue weighted by atomic mass is 10.2. The number of nitrogens with zero attached hydrogens (tertiary/aromatic N) is 1. The van der Waals surface area contributed by atoms with Crippen molar-refractivity contribution < 1.29 is 19.1 Å². The van der Waals surface area contributed by atoms with Gasteiger partial charge < -0.3 is 4.74 Å². The van der Waals surface area contributed by atoms with Crippen molar-refractivity contribution in [3.8, 4) is 0 Å². The van der Waals surface area contributed by atoms with Crippen LogP contribution in [0.15, 0.2) is 24.3 Å². The van der Waals surface area contributed by atoms with Gasteiger partial charge in [0, 0.05) is 0 Å². The van der Waals surface area contributed by atoms with Gasteiger partial charge in [-0.25, -0.2) is 4.79 Å². The second kappa shape index (κ2) is 4.90. The van der Waals surface area contributed by atoms with Gasteiger partial charge in [0.15, 0.2) is 0 Å². The average Bonchev–Trinajstić information content (AvgIpc) is 2.30. The van der Waals surface area contributed by atoms with E-state index in [1.165, 1.54) is 31.4 Å². The molecule has 15 heavy (non-hydrogen) atoms. The Hall–Kier alpha value is -2.17. The summed E-state index contributed by atoms with van der Waals surface area (Å²) in [5.41, 5.74) is 0.755. The molecule has 0 aliphatic rings. The predicted molar refractivity (Wildman–Crippen MR) is 52.4 cm³/mol. The quantitative estimate of drug-likeness (QED) is 0.535. The molecule has 1 aromatic rings. The lowest BCUT2D eigenvalue weighted by molar-refractivity contribution is -0.113. The maximum Gasteiger partial charge on any atom is 0.337 e. The van der Waals surface area contributed by atoms with Crippen molar-refractivity contribution in [3.63, 3.8) is 0 Å². The maximum atomic E-state index is 11.1. The van der Waals surface area contributed by atoms with Crippen molar-refractivity contribution in [2.45, 2.75) is 0 Å². The van der Waals surface area contributed by atoms with E-state index < -0.39 is 5.97 Å². The van der Waals surface area contributed by atoms with E-state index in [2.05, 4.69) is 4.74 Å². The van der Waals surface area contributed by atoms with Gasteiger partial charge in [0.25, 0.3) is 0 Å². The van der Waals surface area contributed by atoms with Gasteiger partial charge in [0.2, 0.25) is 12.8 Å². The Morgan fingerprint density at radius 1 is 1.20 bits per heavy atom. The van der Waals surface area contributed by atoms with Gasteiger partial charge >= 0.3 is 5.97 Å². The number of esters is 1. The number of methoxy groups -OCH3 is 1. The van der Waals surface area contributed by atoms with Crippen LogP contribution in [0.3, 0.4) is 0 Å². The number of ether oxygens (including phenoxy) is 1. The molecular weight excluding hydrogens is 198 g/mol. The predicted octanol–water partition coefficient (Wildman–Crippen LogP) is 0.592. The molecule has 0 heterocycles. The van der Waals surface area contributed by atoms with E-state index in [1.807, 2.05) is 0 Å². The topological polar surface area (TPSA) is 63.7 Å². The molecule has 2 amide bonds. The zero-order valence-electron chi connectivity index (χ0n) is 8.04. The van der Waals surface area contributed by atoms with Crippen molar-refractivity contribution in [2.75, 3.05) is 12.0 Å². The SMILES string of the molecule is COC(=O)c1ccc(N(C=O)C=O)cc1. The van der Waals surface area contributed by atoms with Gasteiger partial charge in [-0.3, -0.25) is 14.5 Å². The molecule has 1 aromatic carbocycles. The van der Waals surface area contributed by atoms with Crippen LogP contribution in [0.25, 0.3) is 0 Å². The number of anilines is 1. The fourth-order valence-electron chi connectivity index (χ4n) is 1.03. The van der Waals surface area contributed by atoms with E-state index in [0.29, 0.717) is 24.1 Å². The minimum absolute atomic E-state index is 0.359. The summed E-state index contributed by atoms with van der Waals surface area (Å²) >= 11 is 0. The van der Waals surface area contributed by atoms with Crippen LogP contribution in [0.2, 0.25) is 0 Å². The molecule has 0 unspecified atom stereocenters. The van der Waals surface area contributed by atoms with Crippen molar-refractivity contribution in [1.29, 1.82) is 0 Å². The Labute approximate surface area is 86.2 Å². The third-order valence-electron chi connectivity index (χ3n) is 1.81. The minimum Gasteiger partial charge on any atom is -0.465 e. The van der Waals surface area contributed by atoms with Crippen LogP contribution in [0.1, 0.15) is 10.4 Å². The van der Waals surface area contributed by atoms with Crippen LogP contribution in [-0.4, -0.2) is 25.9 Å². The summed E-state index contributed by atoms with van der Waals surface area (Å²) in [5.74, 6) is -0.467. The molecule has 0 spiro atoms. The van der Waals surface area contributed by atoms with Gasteiger partial charge in [-0.2, -0.15) is 0 Å². The van der Waals surface area contributed by atoms with Crippen molar-refractivity contribution in [3.05, 3.63) is 29.8 Å². The summed E-state index contributed by atoms with van der Waals surface area (Å²) in [5, 5.41) is 0. The van der Waals surface area contributed by atoms with Crippen LogP contribution >= 0.6 is 0 Å². The summed E-state index contributed by atoms with van der Waals surface area (Å²) in [7, 11) is 1.28. The Morgan fingerprint density at radius 2 is 1.73 bits per heavy atom. The highest BCUT2D eigenvalue weighted by Gasteiger charge is 2.07. The first-order valence-corrected chi connectivity index (χ1v) is 4.10. The number of hydrogen-bond acceptors (Lipinski definition) is 4. The Bertz CT molecular complexity index is 364. The number of benzene rings is 1. The smallest absolute Gasteiger partial charge is 0.337 e. The number of carbonyl (C=O) groups is 3. The highest BCUT2D eigenvalue weighted by molar-refractivity contribution is 5.96. The first kappa shape index (κ1) is 10.9. The van der Waals surface area contributed by atoms with Gasteiger partial charge in [-0.15, -0.1) is 0 Å². The molecule has 0 fully saturated rings. The molecule has 1 rings (SSSR count). The lowest BCUT2D eigenvalue weighted by Crippen LogP contribution is -2.18. The van der Waals surface area contributed by atoms with E-state index in [9.17, 15) is 14.4 Å². The summed E-state index contributed by atoms with van der Waals surface area (Å²) < 4.78 is 4.50. The number of rotatable bonds is 4. The molecule has 0 aromatic heterocycles. The highest BCUT2D eigenvalue weighted by atomic mass is 16.5. The molecule has 0 saturated heterocycles. The van der Waals surface area contributed by atoms with Crippen molar-refractivity contribution in [1.82, 2.24) is 0 Å². The number of hydrogen-bond donors (Lipinski definition) is 0. The number of carbonyl (C=O) groups excluding carboxylic acids is 3. The molecule has 0 atom stereocenters. The molecule has 0 saturated carbocycles. The molecule has 0 aliphatic carbocycles. The van der Waals surface area contributed by atoms with Crippen molar-refractivity contribution >= 4 is 24.5 Å². The Balaban J connectivity index is 2.93. The van der Waals surface area contributed by atoms with Crippen LogP contribution < -0.4 is 4.90 Å². The van der Waals surface area contributed by atoms with Gasteiger partial charge in [-0.1, -0.05) is 0 Å². The maximum absolute atomic E-state index is 11.1. The fourth-order valence-corrected chi connectivity index (χ4v) is 1.03. The number of amides is 2. The molecule has 78 valence electrons. The largest absolute Gasteiger partial charge is 0.465 e. The second-order valence-electron chi connectivity index (χ2n) is 2.66. The summed E-state index contributed by atoms with van der Waals surface area (Å²) in [6.07, 6.45) is 0.778. The Morgan fingerprint density at radius 3 is 2.13 bits per heavy atom. The van der Waals surface area contributed by atoms with Crippen LogP contribution in [0.5, 0.6) is 0 Å². The van der Waals surface area contributed by atoms with Crippen molar-refractivity contribution in [2.24, 2.45) is 0 Å². The van der Waals surface area contributed by atoms with Gasteiger partial charge in [-0.05, 0) is 24.3 Å².